The van der Waals surface area contributed by atoms with Crippen molar-refractivity contribution in [1.29, 1.82) is 0 Å². The molecule has 1 atom stereocenters. The molecule has 3 heterocycles. The number of ketones is 1. The van der Waals surface area contributed by atoms with Gasteiger partial charge in [0.05, 0.1) is 16.6 Å². The monoisotopic (exact) mass is 527 g/mol. The first kappa shape index (κ1) is 23.2. The molecule has 4 aromatic carbocycles. The lowest BCUT2D eigenvalue weighted by molar-refractivity contribution is 0.0991. The summed E-state index contributed by atoms with van der Waals surface area (Å²) in [6, 6.07) is 34.3. The number of hydrogen-bond donors (Lipinski definition) is 1. The van der Waals surface area contributed by atoms with Crippen LogP contribution in [-0.2, 0) is 0 Å². The van der Waals surface area contributed by atoms with Gasteiger partial charge in [-0.05, 0) is 35.9 Å². The Labute approximate surface area is 226 Å². The van der Waals surface area contributed by atoms with E-state index in [0.29, 0.717) is 33.1 Å². The second-order valence-corrected chi connectivity index (χ2v) is 10.2. The number of rotatable bonds is 6. The van der Waals surface area contributed by atoms with Crippen molar-refractivity contribution in [1.82, 2.24) is 24.1 Å². The number of aromatic amines is 1. The number of para-hydroxylation sites is 3. The van der Waals surface area contributed by atoms with Crippen molar-refractivity contribution in [3.05, 3.63) is 137 Å². The van der Waals surface area contributed by atoms with Gasteiger partial charge in [-0.2, -0.15) is 0 Å². The molecule has 0 spiro atoms. The van der Waals surface area contributed by atoms with E-state index in [1.807, 2.05) is 108 Å². The van der Waals surface area contributed by atoms with Gasteiger partial charge in [-0.1, -0.05) is 90.6 Å². The Bertz CT molecular complexity index is 2040. The highest BCUT2D eigenvalue weighted by Crippen LogP contribution is 2.39. The Morgan fingerprint density at radius 3 is 2.23 bits per heavy atom. The highest BCUT2D eigenvalue weighted by atomic mass is 32.2. The molecule has 1 N–H and O–H groups in total. The van der Waals surface area contributed by atoms with E-state index in [4.69, 9.17) is 0 Å². The van der Waals surface area contributed by atoms with E-state index in [-0.39, 0.29) is 11.3 Å². The number of carbonyl (C=O) groups excluding carboxylic acids is 1. The lowest BCUT2D eigenvalue weighted by Gasteiger charge is -2.16. The number of hydrogen-bond acceptors (Lipinski definition) is 5. The molecule has 0 amide bonds. The van der Waals surface area contributed by atoms with Gasteiger partial charge in [0.1, 0.15) is 5.25 Å². The summed E-state index contributed by atoms with van der Waals surface area (Å²) in [5.41, 5.74) is 3.58. The summed E-state index contributed by atoms with van der Waals surface area (Å²) in [7, 11) is 0. The van der Waals surface area contributed by atoms with E-state index in [1.54, 1.807) is 16.8 Å². The molecule has 0 aliphatic carbocycles. The Morgan fingerprint density at radius 1 is 0.769 bits per heavy atom. The van der Waals surface area contributed by atoms with E-state index in [1.165, 1.54) is 11.8 Å². The first-order valence-corrected chi connectivity index (χ1v) is 13.3. The Morgan fingerprint density at radius 2 is 1.44 bits per heavy atom. The van der Waals surface area contributed by atoms with Gasteiger partial charge in [-0.3, -0.25) is 14.0 Å². The van der Waals surface area contributed by atoms with Crippen LogP contribution in [0.3, 0.4) is 0 Å². The summed E-state index contributed by atoms with van der Waals surface area (Å²) >= 11 is 1.33. The van der Waals surface area contributed by atoms with Gasteiger partial charge in [0.15, 0.2) is 10.9 Å². The van der Waals surface area contributed by atoms with Gasteiger partial charge < -0.3 is 4.98 Å². The van der Waals surface area contributed by atoms with Crippen LogP contribution in [0.25, 0.3) is 33.3 Å². The smallest absolute Gasteiger partial charge is 0.267 e. The highest BCUT2D eigenvalue weighted by Gasteiger charge is 2.28. The van der Waals surface area contributed by atoms with Crippen molar-refractivity contribution >= 4 is 45.1 Å². The molecule has 7 aromatic rings. The zero-order valence-corrected chi connectivity index (χ0v) is 21.4. The first-order valence-electron chi connectivity index (χ1n) is 12.5. The second-order valence-electron chi connectivity index (χ2n) is 9.13. The third kappa shape index (κ3) is 3.84. The molecule has 7 nitrogen and oxygen atoms in total. The SMILES string of the molecule is O=C(c1c[nH]c2ccccc12)C(Sc1nnc2n(-c3ccccc3)c(=O)c3ccccc3n12)c1ccccc1. The van der Waals surface area contributed by atoms with Crippen molar-refractivity contribution < 1.29 is 4.79 Å². The van der Waals surface area contributed by atoms with Crippen LogP contribution in [0.2, 0.25) is 0 Å². The van der Waals surface area contributed by atoms with Crippen LogP contribution in [0.4, 0.5) is 0 Å². The van der Waals surface area contributed by atoms with E-state index in [0.717, 1.165) is 16.5 Å². The number of fused-ring (bicyclic) bond motifs is 4. The molecule has 0 aliphatic rings. The minimum Gasteiger partial charge on any atom is -0.360 e. The maximum Gasteiger partial charge on any atom is 0.267 e. The number of nitrogens with zero attached hydrogens (tertiary/aromatic N) is 4. The summed E-state index contributed by atoms with van der Waals surface area (Å²) in [5.74, 6) is 0.347. The van der Waals surface area contributed by atoms with Crippen LogP contribution in [0.15, 0.2) is 125 Å². The Balaban J connectivity index is 1.44. The fraction of sp³-hybridized carbons (Fsp3) is 0.0323. The molecule has 0 fully saturated rings. The summed E-state index contributed by atoms with van der Waals surface area (Å²) < 4.78 is 3.44. The number of benzene rings is 4. The number of aromatic nitrogens is 5. The minimum absolute atomic E-state index is 0.0407. The normalized spacial score (nSPS) is 12.3. The fourth-order valence-electron chi connectivity index (χ4n) is 4.99. The number of thioether (sulfide) groups is 1. The molecule has 1 unspecified atom stereocenters. The van der Waals surface area contributed by atoms with Crippen LogP contribution in [-0.4, -0.2) is 29.9 Å². The minimum atomic E-state index is -0.589. The van der Waals surface area contributed by atoms with Crippen LogP contribution in [0.5, 0.6) is 0 Å². The first-order chi connectivity index (χ1) is 19.2. The molecule has 8 heteroatoms. The standard InChI is InChI=1S/C31H21N5O2S/c37-27(24-19-32-25-17-9-7-15-22(24)25)28(20-11-3-1-4-12-20)39-31-34-33-30-35(21-13-5-2-6-14-21)29(38)23-16-8-10-18-26(23)36(30)31/h1-19,28,32H. The highest BCUT2D eigenvalue weighted by molar-refractivity contribution is 8.00. The molecular weight excluding hydrogens is 506 g/mol. The summed E-state index contributed by atoms with van der Waals surface area (Å²) in [4.78, 5) is 31.0. The number of Topliss-reactive ketones (excluding diaryl/α,β-unsaturated/α-hetero) is 1. The van der Waals surface area contributed by atoms with Crippen molar-refractivity contribution in [3.63, 3.8) is 0 Å². The van der Waals surface area contributed by atoms with Gasteiger partial charge in [-0.15, -0.1) is 10.2 Å². The van der Waals surface area contributed by atoms with Crippen LogP contribution >= 0.6 is 11.8 Å². The third-order valence-corrected chi connectivity index (χ3v) is 8.02. The topological polar surface area (TPSA) is 85.0 Å². The van der Waals surface area contributed by atoms with Crippen LogP contribution in [0, 0.1) is 0 Å². The largest absolute Gasteiger partial charge is 0.360 e. The quantitative estimate of drug-likeness (QED) is 0.205. The molecule has 0 aliphatic heterocycles. The molecule has 39 heavy (non-hydrogen) atoms. The fourth-order valence-corrected chi connectivity index (χ4v) is 6.10. The molecule has 0 bridgehead atoms. The molecule has 3 aromatic heterocycles. The zero-order chi connectivity index (χ0) is 26.3. The molecule has 0 radical (unpaired) electrons. The van der Waals surface area contributed by atoms with Gasteiger partial charge in [0.2, 0.25) is 5.78 Å². The maximum atomic E-state index is 14.1. The van der Waals surface area contributed by atoms with Crippen molar-refractivity contribution in [2.75, 3.05) is 0 Å². The molecule has 188 valence electrons. The van der Waals surface area contributed by atoms with Crippen molar-refractivity contribution in [2.45, 2.75) is 10.4 Å². The van der Waals surface area contributed by atoms with Crippen molar-refractivity contribution in [2.24, 2.45) is 0 Å². The molecule has 0 saturated heterocycles. The Hall–Kier alpha value is -4.95. The lowest BCUT2D eigenvalue weighted by Crippen LogP contribution is -2.21. The van der Waals surface area contributed by atoms with E-state index >= 15 is 0 Å². The van der Waals surface area contributed by atoms with Crippen LogP contribution in [0.1, 0.15) is 21.2 Å². The van der Waals surface area contributed by atoms with Crippen molar-refractivity contribution in [3.8, 4) is 5.69 Å². The third-order valence-electron chi connectivity index (χ3n) is 6.83. The zero-order valence-electron chi connectivity index (χ0n) is 20.6. The van der Waals surface area contributed by atoms with Gasteiger partial charge >= 0.3 is 0 Å². The average Bonchev–Trinajstić information content (AvgIpc) is 3.61. The average molecular weight is 528 g/mol. The number of H-pyrrole nitrogens is 1. The predicted molar refractivity (Wildman–Crippen MR) is 154 cm³/mol. The Kier molecular flexibility index (Phi) is 5.60. The summed E-state index contributed by atoms with van der Waals surface area (Å²) in [6.45, 7) is 0. The lowest BCUT2D eigenvalue weighted by atomic mass is 10.0. The van der Waals surface area contributed by atoms with E-state index < -0.39 is 5.25 Å². The molecule has 7 rings (SSSR count). The summed E-state index contributed by atoms with van der Waals surface area (Å²) in [5, 5.41) is 10.3. The van der Waals surface area contributed by atoms with Gasteiger partial charge in [0, 0.05) is 22.7 Å². The van der Waals surface area contributed by atoms with Gasteiger partial charge in [0.25, 0.3) is 5.56 Å². The predicted octanol–water partition coefficient (Wildman–Crippen LogP) is 6.23. The number of carbonyl (C=O) groups is 1. The molecular formula is C31H21N5O2S. The maximum absolute atomic E-state index is 14.1. The van der Waals surface area contributed by atoms with Gasteiger partial charge in [-0.25, -0.2) is 4.57 Å². The summed E-state index contributed by atoms with van der Waals surface area (Å²) in [6.07, 6.45) is 1.77. The molecule has 0 saturated carbocycles. The van der Waals surface area contributed by atoms with E-state index in [2.05, 4.69) is 15.2 Å². The number of nitrogens with one attached hydrogen (secondary N) is 1. The second kappa shape index (κ2) is 9.41. The van der Waals surface area contributed by atoms with E-state index in [9.17, 15) is 9.59 Å². The van der Waals surface area contributed by atoms with Crippen LogP contribution < -0.4 is 5.56 Å².